The normalized spacial score (nSPS) is 25.5. The molecule has 0 radical (unpaired) electrons. The molecule has 1 heterocycles. The van der Waals surface area contributed by atoms with Crippen molar-refractivity contribution >= 4 is 0 Å². The van der Waals surface area contributed by atoms with Crippen LogP contribution < -0.4 is 5.73 Å². The molecule has 1 aromatic heterocycles. The van der Waals surface area contributed by atoms with Gasteiger partial charge in [-0.05, 0) is 25.2 Å². The van der Waals surface area contributed by atoms with E-state index in [-0.39, 0.29) is 17.3 Å². The van der Waals surface area contributed by atoms with Gasteiger partial charge in [-0.15, -0.1) is 0 Å². The number of nitriles is 3. The van der Waals surface area contributed by atoms with Crippen molar-refractivity contribution in [1.82, 2.24) is 9.55 Å². The molecule has 1 aliphatic carbocycles. The summed E-state index contributed by atoms with van der Waals surface area (Å²) in [5.41, 5.74) is 5.75. The summed E-state index contributed by atoms with van der Waals surface area (Å²) < 4.78 is 1.66. The third-order valence-corrected chi connectivity index (χ3v) is 3.85. The third kappa shape index (κ3) is 2.29. The largest absolute Gasteiger partial charge is 0.321 e. The van der Waals surface area contributed by atoms with Gasteiger partial charge in [-0.1, -0.05) is 6.42 Å². The van der Waals surface area contributed by atoms with Crippen molar-refractivity contribution in [2.75, 3.05) is 0 Å². The summed E-state index contributed by atoms with van der Waals surface area (Å²) in [4.78, 5) is 3.89. The Morgan fingerprint density at radius 1 is 1.42 bits per heavy atom. The average molecular weight is 254 g/mol. The Bertz CT molecular complexity index is 596. The van der Waals surface area contributed by atoms with Gasteiger partial charge in [0.2, 0.25) is 0 Å². The van der Waals surface area contributed by atoms with Crippen molar-refractivity contribution in [3.63, 3.8) is 0 Å². The van der Waals surface area contributed by atoms with Gasteiger partial charge in [0.15, 0.2) is 11.4 Å². The molecule has 1 aliphatic rings. The lowest BCUT2D eigenvalue weighted by Crippen LogP contribution is -2.42. The summed E-state index contributed by atoms with van der Waals surface area (Å²) >= 11 is 0. The van der Waals surface area contributed by atoms with E-state index in [0.717, 1.165) is 25.7 Å². The molecule has 1 fully saturated rings. The predicted molar refractivity (Wildman–Crippen MR) is 66.1 cm³/mol. The summed E-state index contributed by atoms with van der Waals surface area (Å²) in [6.07, 6.45) is 4.85. The van der Waals surface area contributed by atoms with Gasteiger partial charge in [0.25, 0.3) is 0 Å². The number of aryl methyl sites for hydroxylation is 1. The Hall–Kier alpha value is -2.36. The second-order valence-corrected chi connectivity index (χ2v) is 4.89. The van der Waals surface area contributed by atoms with Gasteiger partial charge in [-0.3, -0.25) is 0 Å². The van der Waals surface area contributed by atoms with Crippen LogP contribution in [-0.2, 0) is 6.54 Å². The fourth-order valence-corrected chi connectivity index (χ4v) is 2.70. The fraction of sp³-hybridized carbons (Fsp3) is 0.538. The highest BCUT2D eigenvalue weighted by molar-refractivity contribution is 5.36. The maximum Gasteiger partial charge on any atom is 0.176 e. The SMILES string of the molecule is N#Cc1ncn(CCC2CCCC2(N)C#N)c1C#N. The topological polar surface area (TPSA) is 115 Å². The van der Waals surface area contributed by atoms with E-state index < -0.39 is 5.54 Å². The molecule has 1 saturated carbocycles. The Morgan fingerprint density at radius 2 is 2.21 bits per heavy atom. The molecule has 0 bridgehead atoms. The first kappa shape index (κ1) is 13.1. The van der Waals surface area contributed by atoms with Crippen molar-refractivity contribution in [3.05, 3.63) is 17.7 Å². The van der Waals surface area contributed by atoms with Crippen LogP contribution in [0, 0.1) is 39.9 Å². The van der Waals surface area contributed by atoms with E-state index in [1.807, 2.05) is 12.1 Å². The molecule has 2 rings (SSSR count). The Kier molecular flexibility index (Phi) is 3.51. The lowest BCUT2D eigenvalue weighted by atomic mass is 9.87. The summed E-state index contributed by atoms with van der Waals surface area (Å²) in [5.74, 6) is 0.136. The molecular weight excluding hydrogens is 240 g/mol. The summed E-state index contributed by atoms with van der Waals surface area (Å²) in [7, 11) is 0. The maximum atomic E-state index is 9.15. The van der Waals surface area contributed by atoms with E-state index in [4.69, 9.17) is 21.5 Å². The molecule has 1 aromatic rings. The Morgan fingerprint density at radius 3 is 2.84 bits per heavy atom. The number of hydrogen-bond acceptors (Lipinski definition) is 5. The quantitative estimate of drug-likeness (QED) is 0.865. The summed E-state index contributed by atoms with van der Waals surface area (Å²) in [6, 6.07) is 6.08. The highest BCUT2D eigenvalue weighted by atomic mass is 15.1. The summed E-state index contributed by atoms with van der Waals surface area (Å²) in [6.45, 7) is 0.558. The minimum atomic E-state index is -0.745. The Balaban J connectivity index is 2.09. The van der Waals surface area contributed by atoms with Crippen molar-refractivity contribution in [1.29, 1.82) is 15.8 Å². The van der Waals surface area contributed by atoms with Crippen molar-refractivity contribution in [2.45, 2.75) is 37.8 Å². The molecule has 2 atom stereocenters. The van der Waals surface area contributed by atoms with Crippen LogP contribution in [0.25, 0.3) is 0 Å². The Labute approximate surface area is 111 Å². The first-order chi connectivity index (χ1) is 9.14. The third-order valence-electron chi connectivity index (χ3n) is 3.85. The van der Waals surface area contributed by atoms with Gasteiger partial charge < -0.3 is 10.3 Å². The molecular formula is C13H14N6. The van der Waals surface area contributed by atoms with Crippen LogP contribution in [0.5, 0.6) is 0 Å². The smallest absolute Gasteiger partial charge is 0.176 e. The van der Waals surface area contributed by atoms with Crippen LogP contribution in [-0.4, -0.2) is 15.1 Å². The lowest BCUT2D eigenvalue weighted by molar-refractivity contribution is 0.353. The average Bonchev–Trinajstić information content (AvgIpc) is 2.99. The first-order valence-corrected chi connectivity index (χ1v) is 6.20. The van der Waals surface area contributed by atoms with E-state index >= 15 is 0 Å². The molecule has 96 valence electrons. The number of rotatable bonds is 3. The zero-order chi connectivity index (χ0) is 13.9. The number of aromatic nitrogens is 2. The molecule has 0 saturated heterocycles. The lowest BCUT2D eigenvalue weighted by Gasteiger charge is -2.23. The van der Waals surface area contributed by atoms with Gasteiger partial charge in [0, 0.05) is 6.54 Å². The van der Waals surface area contributed by atoms with Crippen molar-refractivity contribution < 1.29 is 0 Å². The zero-order valence-electron chi connectivity index (χ0n) is 10.5. The minimum Gasteiger partial charge on any atom is -0.321 e. The molecule has 2 unspecified atom stereocenters. The first-order valence-electron chi connectivity index (χ1n) is 6.20. The van der Waals surface area contributed by atoms with Gasteiger partial charge in [0.1, 0.15) is 17.7 Å². The van der Waals surface area contributed by atoms with Crippen LogP contribution in [0.3, 0.4) is 0 Å². The van der Waals surface area contributed by atoms with Gasteiger partial charge >= 0.3 is 0 Å². The predicted octanol–water partition coefficient (Wildman–Crippen LogP) is 1.04. The standard InChI is InChI=1S/C13H14N6/c14-6-11-12(7-15)19(9-18-11)5-3-10-2-1-4-13(10,17)8-16/h9-10H,1-5,17H2. The molecule has 0 amide bonds. The minimum absolute atomic E-state index is 0.136. The van der Waals surface area contributed by atoms with Crippen LogP contribution in [0.4, 0.5) is 0 Å². The number of nitrogens with zero attached hydrogens (tertiary/aromatic N) is 5. The molecule has 6 nitrogen and oxygen atoms in total. The number of hydrogen-bond donors (Lipinski definition) is 1. The highest BCUT2D eigenvalue weighted by Crippen LogP contribution is 2.35. The van der Waals surface area contributed by atoms with Gasteiger partial charge in [-0.25, -0.2) is 4.98 Å². The van der Waals surface area contributed by atoms with Crippen LogP contribution in [0.2, 0.25) is 0 Å². The molecule has 19 heavy (non-hydrogen) atoms. The van der Waals surface area contributed by atoms with E-state index in [1.165, 1.54) is 6.33 Å². The maximum absolute atomic E-state index is 9.15. The molecule has 6 heteroatoms. The second-order valence-electron chi connectivity index (χ2n) is 4.89. The van der Waals surface area contributed by atoms with Crippen molar-refractivity contribution in [3.8, 4) is 18.2 Å². The molecule has 0 spiro atoms. The van der Waals surface area contributed by atoms with E-state index in [1.54, 1.807) is 4.57 Å². The monoisotopic (exact) mass is 254 g/mol. The van der Waals surface area contributed by atoms with Crippen LogP contribution >= 0.6 is 0 Å². The van der Waals surface area contributed by atoms with E-state index in [0.29, 0.717) is 6.54 Å². The van der Waals surface area contributed by atoms with Gasteiger partial charge in [0.05, 0.1) is 12.4 Å². The zero-order valence-corrected chi connectivity index (χ0v) is 10.5. The summed E-state index contributed by atoms with van der Waals surface area (Å²) in [5, 5.41) is 27.0. The van der Waals surface area contributed by atoms with Crippen molar-refractivity contribution in [2.24, 2.45) is 11.7 Å². The molecule has 0 aromatic carbocycles. The van der Waals surface area contributed by atoms with E-state index in [9.17, 15) is 0 Å². The molecule has 0 aliphatic heterocycles. The fourth-order valence-electron chi connectivity index (χ4n) is 2.70. The molecule has 2 N–H and O–H groups in total. The van der Waals surface area contributed by atoms with Gasteiger partial charge in [-0.2, -0.15) is 15.8 Å². The van der Waals surface area contributed by atoms with E-state index in [2.05, 4.69) is 11.1 Å². The number of nitrogens with two attached hydrogens (primary N) is 1. The van der Waals surface area contributed by atoms with Crippen LogP contribution in [0.15, 0.2) is 6.33 Å². The highest BCUT2D eigenvalue weighted by Gasteiger charge is 2.39. The second kappa shape index (κ2) is 5.10. The van der Waals surface area contributed by atoms with Crippen LogP contribution in [0.1, 0.15) is 37.1 Å². The number of imidazole rings is 1.